The van der Waals surface area contributed by atoms with Crippen molar-refractivity contribution in [3.63, 3.8) is 0 Å². The number of aryl methyl sites for hydroxylation is 1. The molecule has 1 fully saturated rings. The van der Waals surface area contributed by atoms with Crippen LogP contribution >= 0.6 is 0 Å². The number of nitriles is 1. The van der Waals surface area contributed by atoms with Crippen LogP contribution in [0.5, 0.6) is 5.75 Å². The lowest BCUT2D eigenvalue weighted by molar-refractivity contribution is 0.183. The van der Waals surface area contributed by atoms with E-state index in [2.05, 4.69) is 16.5 Å². The van der Waals surface area contributed by atoms with Crippen LogP contribution in [0.2, 0.25) is 0 Å². The fourth-order valence-corrected chi connectivity index (χ4v) is 2.77. The van der Waals surface area contributed by atoms with Crippen molar-refractivity contribution >= 4 is 5.69 Å². The van der Waals surface area contributed by atoms with Gasteiger partial charge in [0.1, 0.15) is 23.1 Å². The van der Waals surface area contributed by atoms with Gasteiger partial charge in [-0.25, -0.2) is 4.39 Å². The minimum absolute atomic E-state index is 0.208. The number of hydrogen-bond donors (Lipinski definition) is 1. The third kappa shape index (κ3) is 1.70. The van der Waals surface area contributed by atoms with E-state index in [1.807, 2.05) is 0 Å². The van der Waals surface area contributed by atoms with Gasteiger partial charge in [-0.15, -0.1) is 0 Å². The molecule has 0 radical (unpaired) electrons. The molecule has 106 valence electrons. The summed E-state index contributed by atoms with van der Waals surface area (Å²) in [6.07, 6.45) is 3.50. The van der Waals surface area contributed by atoms with Crippen LogP contribution in [-0.2, 0) is 7.05 Å². The summed E-state index contributed by atoms with van der Waals surface area (Å²) in [5, 5.41) is 16.8. The highest BCUT2D eigenvalue weighted by molar-refractivity contribution is 5.79. The van der Waals surface area contributed by atoms with Gasteiger partial charge < -0.3 is 10.1 Å². The molecule has 2 aromatic rings. The quantitative estimate of drug-likeness (QED) is 0.873. The Hall–Kier alpha value is -2.55. The Kier molecular flexibility index (Phi) is 2.31. The first-order valence-corrected chi connectivity index (χ1v) is 6.81. The van der Waals surface area contributed by atoms with Gasteiger partial charge in [0.2, 0.25) is 0 Å². The number of hydrogen-bond acceptors (Lipinski definition) is 4. The summed E-state index contributed by atoms with van der Waals surface area (Å²) in [5.41, 5.74) is 1.38. The number of nitrogens with zero attached hydrogens (tertiary/aromatic N) is 3. The van der Waals surface area contributed by atoms with Crippen molar-refractivity contribution in [2.24, 2.45) is 7.05 Å². The summed E-state index contributed by atoms with van der Waals surface area (Å²) >= 11 is 0. The number of ether oxygens (including phenoxy) is 1. The Balaban J connectivity index is 1.96. The summed E-state index contributed by atoms with van der Waals surface area (Å²) in [4.78, 5) is 0. The van der Waals surface area contributed by atoms with Crippen LogP contribution in [0.15, 0.2) is 18.3 Å². The molecular formula is C15H13FN4O. The van der Waals surface area contributed by atoms with E-state index in [9.17, 15) is 9.65 Å². The summed E-state index contributed by atoms with van der Waals surface area (Å²) in [5.74, 6) is 0.00981. The largest absolute Gasteiger partial charge is 0.482 e. The van der Waals surface area contributed by atoms with Gasteiger partial charge in [-0.2, -0.15) is 10.4 Å². The summed E-state index contributed by atoms with van der Waals surface area (Å²) in [6.45, 7) is 0.662. The number of anilines is 1. The number of benzene rings is 1. The number of fused-ring (bicyclic) bond motifs is 1. The monoisotopic (exact) mass is 284 g/mol. The molecule has 4 rings (SSSR count). The van der Waals surface area contributed by atoms with Gasteiger partial charge in [0, 0.05) is 19.3 Å². The van der Waals surface area contributed by atoms with Gasteiger partial charge in [-0.05, 0) is 18.9 Å². The molecule has 0 amide bonds. The molecule has 0 atom stereocenters. The fourth-order valence-electron chi connectivity index (χ4n) is 2.77. The van der Waals surface area contributed by atoms with E-state index < -0.39 is 5.82 Å². The predicted octanol–water partition coefficient (Wildman–Crippen LogP) is 2.43. The molecule has 2 heterocycles. The molecule has 6 heteroatoms. The Morgan fingerprint density at radius 1 is 1.52 bits per heavy atom. The first kappa shape index (κ1) is 12.2. The lowest BCUT2D eigenvalue weighted by atomic mass is 10.0. The summed E-state index contributed by atoms with van der Waals surface area (Å²) < 4.78 is 22.0. The van der Waals surface area contributed by atoms with Crippen LogP contribution in [0, 0.1) is 17.1 Å². The SMILES string of the molecule is Cn1nccc1-c1c(F)cc2c(c1C#N)OC1(CC1)CN2. The van der Waals surface area contributed by atoms with Crippen molar-refractivity contribution in [2.75, 3.05) is 11.9 Å². The molecule has 1 aliphatic carbocycles. The van der Waals surface area contributed by atoms with Crippen molar-refractivity contribution in [3.8, 4) is 23.1 Å². The van der Waals surface area contributed by atoms with Crippen molar-refractivity contribution in [1.29, 1.82) is 5.26 Å². The van der Waals surface area contributed by atoms with Gasteiger partial charge in [0.05, 0.1) is 23.5 Å². The first-order valence-electron chi connectivity index (χ1n) is 6.81. The maximum Gasteiger partial charge on any atom is 0.161 e. The standard InChI is InChI=1S/C15H13FN4O/c1-20-12(2-5-19-20)13-9(7-17)14-11(6-10(13)16)18-8-15(21-14)3-4-15/h2,5-6,18H,3-4,8H2,1H3. The van der Waals surface area contributed by atoms with E-state index in [1.165, 1.54) is 6.07 Å². The van der Waals surface area contributed by atoms with E-state index in [-0.39, 0.29) is 16.7 Å². The molecule has 1 aromatic carbocycles. The predicted molar refractivity (Wildman–Crippen MR) is 74.4 cm³/mol. The minimum Gasteiger partial charge on any atom is -0.482 e. The lowest BCUT2D eigenvalue weighted by Crippen LogP contribution is -2.33. The van der Waals surface area contributed by atoms with Crippen LogP contribution in [0.4, 0.5) is 10.1 Å². The average molecular weight is 284 g/mol. The van der Waals surface area contributed by atoms with Crippen molar-refractivity contribution in [1.82, 2.24) is 9.78 Å². The molecule has 0 bridgehead atoms. The second-order valence-corrected chi connectivity index (χ2v) is 5.58. The zero-order chi connectivity index (χ0) is 14.6. The molecule has 1 aromatic heterocycles. The van der Waals surface area contributed by atoms with Crippen molar-refractivity contribution in [3.05, 3.63) is 29.7 Å². The van der Waals surface area contributed by atoms with Crippen LogP contribution in [0.3, 0.4) is 0 Å². The van der Waals surface area contributed by atoms with Crippen LogP contribution < -0.4 is 10.1 Å². The molecule has 5 nitrogen and oxygen atoms in total. The van der Waals surface area contributed by atoms with Crippen molar-refractivity contribution in [2.45, 2.75) is 18.4 Å². The Bertz CT molecular complexity index is 786. The molecule has 0 saturated heterocycles. The number of halogens is 1. The van der Waals surface area contributed by atoms with Gasteiger partial charge in [0.15, 0.2) is 5.75 Å². The molecule has 1 N–H and O–H groups in total. The second kappa shape index (κ2) is 3.98. The molecular weight excluding hydrogens is 271 g/mol. The number of rotatable bonds is 1. The zero-order valence-corrected chi connectivity index (χ0v) is 11.5. The Morgan fingerprint density at radius 2 is 2.33 bits per heavy atom. The molecule has 1 aliphatic heterocycles. The molecule has 2 aliphatic rings. The lowest BCUT2D eigenvalue weighted by Gasteiger charge is -2.29. The van der Waals surface area contributed by atoms with Gasteiger partial charge in [0.25, 0.3) is 0 Å². The summed E-state index contributed by atoms with van der Waals surface area (Å²) in [6, 6.07) is 5.19. The van der Waals surface area contributed by atoms with E-state index in [1.54, 1.807) is 24.0 Å². The highest BCUT2D eigenvalue weighted by Gasteiger charge is 2.48. The van der Waals surface area contributed by atoms with Gasteiger partial charge in [-0.1, -0.05) is 0 Å². The van der Waals surface area contributed by atoms with Gasteiger partial charge >= 0.3 is 0 Å². The minimum atomic E-state index is -0.447. The third-order valence-electron chi connectivity index (χ3n) is 4.15. The maximum atomic E-state index is 14.5. The van der Waals surface area contributed by atoms with Crippen LogP contribution in [0.25, 0.3) is 11.3 Å². The number of nitrogens with one attached hydrogen (secondary N) is 1. The molecule has 21 heavy (non-hydrogen) atoms. The fraction of sp³-hybridized carbons (Fsp3) is 0.333. The Morgan fingerprint density at radius 3 is 2.95 bits per heavy atom. The van der Waals surface area contributed by atoms with Crippen LogP contribution in [-0.4, -0.2) is 21.9 Å². The number of aromatic nitrogens is 2. The third-order valence-corrected chi connectivity index (χ3v) is 4.15. The van der Waals surface area contributed by atoms with Crippen molar-refractivity contribution < 1.29 is 9.13 Å². The highest BCUT2D eigenvalue weighted by atomic mass is 19.1. The average Bonchev–Trinajstić information content (AvgIpc) is 3.09. The zero-order valence-electron chi connectivity index (χ0n) is 11.5. The smallest absolute Gasteiger partial charge is 0.161 e. The van der Waals surface area contributed by atoms with E-state index in [0.29, 0.717) is 23.7 Å². The maximum absolute atomic E-state index is 14.5. The molecule has 0 unspecified atom stereocenters. The first-order chi connectivity index (χ1) is 10.1. The Labute approximate surface area is 120 Å². The second-order valence-electron chi connectivity index (χ2n) is 5.58. The van der Waals surface area contributed by atoms with E-state index >= 15 is 0 Å². The highest BCUT2D eigenvalue weighted by Crippen LogP contribution is 2.49. The van der Waals surface area contributed by atoms with Gasteiger partial charge in [-0.3, -0.25) is 4.68 Å². The van der Waals surface area contributed by atoms with Crippen LogP contribution in [0.1, 0.15) is 18.4 Å². The normalized spacial score (nSPS) is 17.6. The topological polar surface area (TPSA) is 62.9 Å². The molecule has 1 spiro atoms. The molecule has 1 saturated carbocycles. The summed E-state index contributed by atoms with van der Waals surface area (Å²) in [7, 11) is 1.72. The van der Waals surface area contributed by atoms with E-state index in [4.69, 9.17) is 4.74 Å². The van der Waals surface area contributed by atoms with E-state index in [0.717, 1.165) is 12.8 Å².